The second-order valence-electron chi connectivity index (χ2n) is 4.24. The summed E-state index contributed by atoms with van der Waals surface area (Å²) in [6.07, 6.45) is 0. The second-order valence-corrected chi connectivity index (χ2v) is 6.11. The smallest absolute Gasteiger partial charge is 0.188 e. The van der Waals surface area contributed by atoms with Crippen molar-refractivity contribution in [3.8, 4) is 0 Å². The molecule has 5 heteroatoms. The molecule has 0 bridgehead atoms. The van der Waals surface area contributed by atoms with Gasteiger partial charge in [0.25, 0.3) is 0 Å². The van der Waals surface area contributed by atoms with Gasteiger partial charge in [-0.05, 0) is 42.8 Å². The molecular weight excluding hydrogens is 299 g/mol. The van der Waals surface area contributed by atoms with Gasteiger partial charge in [-0.25, -0.2) is 4.98 Å². The van der Waals surface area contributed by atoms with Crippen LogP contribution < -0.4 is 5.32 Å². The van der Waals surface area contributed by atoms with Crippen molar-refractivity contribution in [2.24, 2.45) is 0 Å². The zero-order valence-corrected chi connectivity index (χ0v) is 12.4. The van der Waals surface area contributed by atoms with E-state index in [1.54, 1.807) is 23.5 Å². The van der Waals surface area contributed by atoms with Gasteiger partial charge in [0.15, 0.2) is 5.13 Å². The number of nitrogens with one attached hydrogen (secondary N) is 1. The van der Waals surface area contributed by atoms with Gasteiger partial charge in [-0.15, -0.1) is 0 Å². The highest BCUT2D eigenvalue weighted by Gasteiger charge is 2.06. The summed E-state index contributed by atoms with van der Waals surface area (Å²) in [6, 6.07) is 11.6. The molecule has 1 N–H and O–H groups in total. The van der Waals surface area contributed by atoms with Gasteiger partial charge in [0.05, 0.1) is 20.9 Å². The Balaban J connectivity index is 1.96. The van der Waals surface area contributed by atoms with Crippen molar-refractivity contribution in [1.82, 2.24) is 4.98 Å². The summed E-state index contributed by atoms with van der Waals surface area (Å²) < 4.78 is 1.15. The number of rotatable bonds is 2. The number of nitrogens with zero attached hydrogens (tertiary/aromatic N) is 1. The van der Waals surface area contributed by atoms with Crippen LogP contribution in [-0.4, -0.2) is 4.98 Å². The van der Waals surface area contributed by atoms with E-state index in [1.165, 1.54) is 5.56 Å². The summed E-state index contributed by atoms with van der Waals surface area (Å²) in [4.78, 5) is 4.55. The van der Waals surface area contributed by atoms with E-state index in [1.807, 2.05) is 6.07 Å². The third kappa shape index (κ3) is 2.68. The SMILES string of the molecule is Cc1ccc2sc(Nc3ccc(Cl)cc3Cl)nc2c1. The molecule has 1 aromatic heterocycles. The Kier molecular flexibility index (Phi) is 3.35. The highest BCUT2D eigenvalue weighted by atomic mass is 35.5. The van der Waals surface area contributed by atoms with Crippen molar-refractivity contribution in [2.75, 3.05) is 5.32 Å². The van der Waals surface area contributed by atoms with Gasteiger partial charge in [-0.1, -0.05) is 40.6 Å². The fraction of sp³-hybridized carbons (Fsp3) is 0.0714. The number of hydrogen-bond donors (Lipinski definition) is 1. The Morgan fingerprint density at radius 1 is 1.11 bits per heavy atom. The normalized spacial score (nSPS) is 10.9. The molecule has 0 atom stereocenters. The fourth-order valence-electron chi connectivity index (χ4n) is 1.80. The van der Waals surface area contributed by atoms with E-state index in [4.69, 9.17) is 23.2 Å². The number of aryl methyl sites for hydroxylation is 1. The molecule has 0 saturated carbocycles. The first-order chi connectivity index (χ1) is 9.11. The molecule has 0 saturated heterocycles. The van der Waals surface area contributed by atoms with Crippen LogP contribution in [0.3, 0.4) is 0 Å². The minimum absolute atomic E-state index is 0.586. The molecule has 0 aliphatic rings. The summed E-state index contributed by atoms with van der Waals surface area (Å²) in [5.41, 5.74) is 3.01. The quantitative estimate of drug-likeness (QED) is 0.661. The largest absolute Gasteiger partial charge is 0.330 e. The number of hydrogen-bond acceptors (Lipinski definition) is 3. The Hall–Kier alpha value is -1.29. The van der Waals surface area contributed by atoms with Gasteiger partial charge >= 0.3 is 0 Å². The Bertz CT molecular complexity index is 752. The Morgan fingerprint density at radius 3 is 2.74 bits per heavy atom. The highest BCUT2D eigenvalue weighted by Crippen LogP contribution is 2.32. The molecule has 0 spiro atoms. The Morgan fingerprint density at radius 2 is 1.95 bits per heavy atom. The lowest BCUT2D eigenvalue weighted by Crippen LogP contribution is -1.89. The van der Waals surface area contributed by atoms with Crippen molar-refractivity contribution < 1.29 is 0 Å². The predicted molar refractivity (Wildman–Crippen MR) is 84.1 cm³/mol. The van der Waals surface area contributed by atoms with Crippen molar-refractivity contribution in [3.05, 3.63) is 52.0 Å². The molecular formula is C14H10Cl2N2S. The van der Waals surface area contributed by atoms with E-state index in [9.17, 15) is 0 Å². The summed E-state index contributed by atoms with van der Waals surface area (Å²) >= 11 is 13.6. The van der Waals surface area contributed by atoms with Gasteiger partial charge < -0.3 is 5.32 Å². The summed E-state index contributed by atoms with van der Waals surface area (Å²) in [7, 11) is 0. The number of fused-ring (bicyclic) bond motifs is 1. The van der Waals surface area contributed by atoms with Crippen molar-refractivity contribution in [2.45, 2.75) is 6.92 Å². The van der Waals surface area contributed by atoms with Crippen LogP contribution in [0, 0.1) is 6.92 Å². The lowest BCUT2D eigenvalue weighted by Gasteiger charge is -2.04. The molecule has 3 rings (SSSR count). The minimum atomic E-state index is 0.586. The monoisotopic (exact) mass is 308 g/mol. The minimum Gasteiger partial charge on any atom is -0.330 e. The van der Waals surface area contributed by atoms with Crippen molar-refractivity contribution >= 4 is 55.6 Å². The van der Waals surface area contributed by atoms with E-state index in [-0.39, 0.29) is 0 Å². The van der Waals surface area contributed by atoms with E-state index >= 15 is 0 Å². The van der Waals surface area contributed by atoms with Gasteiger partial charge in [0.2, 0.25) is 0 Å². The van der Waals surface area contributed by atoms with Crippen molar-refractivity contribution in [3.63, 3.8) is 0 Å². The van der Waals surface area contributed by atoms with Crippen LogP contribution >= 0.6 is 34.5 Å². The zero-order valence-electron chi connectivity index (χ0n) is 10.1. The van der Waals surface area contributed by atoms with Crippen LogP contribution in [0.4, 0.5) is 10.8 Å². The zero-order chi connectivity index (χ0) is 13.4. The number of aromatic nitrogens is 1. The van der Waals surface area contributed by atoms with Crippen LogP contribution in [0.1, 0.15) is 5.56 Å². The third-order valence-corrected chi connectivity index (χ3v) is 4.22. The molecule has 0 aliphatic carbocycles. The lowest BCUT2D eigenvalue weighted by molar-refractivity contribution is 1.42. The maximum absolute atomic E-state index is 6.13. The number of anilines is 2. The fourth-order valence-corrected chi connectivity index (χ4v) is 3.11. The number of benzene rings is 2. The molecule has 3 aromatic rings. The molecule has 19 heavy (non-hydrogen) atoms. The van der Waals surface area contributed by atoms with Crippen LogP contribution in [0.2, 0.25) is 10.0 Å². The predicted octanol–water partition coefficient (Wildman–Crippen LogP) is 5.66. The summed E-state index contributed by atoms with van der Waals surface area (Å²) in [6.45, 7) is 2.06. The lowest BCUT2D eigenvalue weighted by atomic mass is 10.2. The van der Waals surface area contributed by atoms with E-state index < -0.39 is 0 Å². The van der Waals surface area contributed by atoms with Crippen LogP contribution in [-0.2, 0) is 0 Å². The molecule has 1 heterocycles. The van der Waals surface area contributed by atoms with Crippen molar-refractivity contribution in [1.29, 1.82) is 0 Å². The van der Waals surface area contributed by atoms with E-state index in [2.05, 4.69) is 35.4 Å². The molecule has 2 aromatic carbocycles. The van der Waals surface area contributed by atoms with E-state index in [0.29, 0.717) is 10.0 Å². The van der Waals surface area contributed by atoms with Gasteiger partial charge in [-0.3, -0.25) is 0 Å². The number of thiazole rings is 1. The molecule has 2 nitrogen and oxygen atoms in total. The third-order valence-electron chi connectivity index (χ3n) is 2.72. The Labute approximate surface area is 125 Å². The standard InChI is InChI=1S/C14H10Cl2N2S/c1-8-2-5-13-12(6-8)18-14(19-13)17-11-4-3-9(15)7-10(11)16/h2-7H,1H3,(H,17,18). The summed E-state index contributed by atoms with van der Waals surface area (Å²) in [5.74, 6) is 0. The van der Waals surface area contributed by atoms with Gasteiger partial charge in [0.1, 0.15) is 0 Å². The van der Waals surface area contributed by atoms with Crippen LogP contribution in [0.5, 0.6) is 0 Å². The maximum atomic E-state index is 6.13. The molecule has 96 valence electrons. The topological polar surface area (TPSA) is 24.9 Å². The van der Waals surface area contributed by atoms with Crippen LogP contribution in [0.15, 0.2) is 36.4 Å². The molecule has 0 aliphatic heterocycles. The van der Waals surface area contributed by atoms with Gasteiger partial charge in [0, 0.05) is 5.02 Å². The van der Waals surface area contributed by atoms with E-state index in [0.717, 1.165) is 21.0 Å². The average molecular weight is 309 g/mol. The summed E-state index contributed by atoms with van der Waals surface area (Å²) in [5, 5.41) is 5.26. The second kappa shape index (κ2) is 5.00. The molecule has 0 unspecified atom stereocenters. The number of halogens is 2. The average Bonchev–Trinajstić information content (AvgIpc) is 2.74. The first kappa shape index (κ1) is 12.7. The first-order valence-electron chi connectivity index (χ1n) is 5.71. The molecule has 0 radical (unpaired) electrons. The van der Waals surface area contributed by atoms with Gasteiger partial charge in [-0.2, -0.15) is 0 Å². The molecule has 0 amide bonds. The first-order valence-corrected chi connectivity index (χ1v) is 7.28. The molecule has 0 fully saturated rings. The maximum Gasteiger partial charge on any atom is 0.188 e. The highest BCUT2D eigenvalue weighted by molar-refractivity contribution is 7.22. The van der Waals surface area contributed by atoms with Crippen LogP contribution in [0.25, 0.3) is 10.2 Å².